The highest BCUT2D eigenvalue weighted by atomic mass is 16.2. The predicted molar refractivity (Wildman–Crippen MR) is 74.2 cm³/mol. The molecule has 0 spiro atoms. The Hall–Kier alpha value is -1.66. The second-order valence-corrected chi connectivity index (χ2v) is 4.75. The summed E-state index contributed by atoms with van der Waals surface area (Å²) >= 11 is 0. The second kappa shape index (κ2) is 6.49. The first kappa shape index (κ1) is 13.8. The molecule has 104 valence electrons. The van der Waals surface area contributed by atoms with Crippen LogP contribution >= 0.6 is 0 Å². The maximum atomic E-state index is 11.9. The van der Waals surface area contributed by atoms with Crippen molar-refractivity contribution in [1.29, 1.82) is 0 Å². The van der Waals surface area contributed by atoms with E-state index in [-0.39, 0.29) is 11.9 Å². The molecule has 1 aliphatic heterocycles. The number of aromatic nitrogens is 1. The van der Waals surface area contributed by atoms with Crippen LogP contribution in [-0.2, 0) is 11.3 Å². The van der Waals surface area contributed by atoms with Crippen LogP contribution in [0.15, 0.2) is 18.2 Å². The topological polar surface area (TPSA) is 83.3 Å². The quantitative estimate of drug-likeness (QED) is 0.543. The monoisotopic (exact) mass is 263 g/mol. The van der Waals surface area contributed by atoms with E-state index in [9.17, 15) is 4.79 Å². The van der Waals surface area contributed by atoms with Crippen LogP contribution in [0.2, 0.25) is 0 Å². The van der Waals surface area contributed by atoms with Crippen LogP contribution in [0.3, 0.4) is 0 Å². The Morgan fingerprint density at radius 1 is 1.53 bits per heavy atom. The third-order valence-corrected chi connectivity index (χ3v) is 3.48. The van der Waals surface area contributed by atoms with E-state index in [2.05, 4.69) is 20.6 Å². The summed E-state index contributed by atoms with van der Waals surface area (Å²) in [7, 11) is 1.69. The molecule has 6 heteroatoms. The molecule has 19 heavy (non-hydrogen) atoms. The summed E-state index contributed by atoms with van der Waals surface area (Å²) in [6, 6.07) is 5.64. The van der Waals surface area contributed by atoms with Crippen LogP contribution in [0, 0.1) is 0 Å². The summed E-state index contributed by atoms with van der Waals surface area (Å²) in [5, 5.41) is 2.74. The molecule has 0 bridgehead atoms. The normalized spacial score (nSPS) is 20.0. The first-order valence-electron chi connectivity index (χ1n) is 6.63. The van der Waals surface area contributed by atoms with Gasteiger partial charge in [-0.1, -0.05) is 12.5 Å². The molecule has 4 N–H and O–H groups in total. The largest absolute Gasteiger partial charge is 0.358 e. The molecule has 1 saturated heterocycles. The molecule has 1 amide bonds. The molecule has 0 aliphatic carbocycles. The van der Waals surface area contributed by atoms with Gasteiger partial charge in [0.15, 0.2) is 0 Å². The van der Waals surface area contributed by atoms with Crippen LogP contribution < -0.4 is 16.6 Å². The maximum Gasteiger partial charge on any atom is 0.237 e. The van der Waals surface area contributed by atoms with Gasteiger partial charge in [-0.3, -0.25) is 9.69 Å². The van der Waals surface area contributed by atoms with E-state index in [1.165, 1.54) is 0 Å². The van der Waals surface area contributed by atoms with Gasteiger partial charge in [-0.25, -0.2) is 10.8 Å². The number of piperidine rings is 1. The number of nitrogen functional groups attached to an aromatic ring is 1. The number of carbonyl (C=O) groups is 1. The number of hydrogen-bond donors (Lipinski definition) is 3. The van der Waals surface area contributed by atoms with E-state index >= 15 is 0 Å². The number of rotatable bonds is 4. The fourth-order valence-electron chi connectivity index (χ4n) is 2.50. The number of hydrazine groups is 1. The van der Waals surface area contributed by atoms with Gasteiger partial charge in [0.05, 0.1) is 11.7 Å². The highest BCUT2D eigenvalue weighted by Gasteiger charge is 2.28. The Labute approximate surface area is 113 Å². The van der Waals surface area contributed by atoms with Gasteiger partial charge in [-0.05, 0) is 31.5 Å². The zero-order valence-corrected chi connectivity index (χ0v) is 11.2. The van der Waals surface area contributed by atoms with Gasteiger partial charge in [0.25, 0.3) is 0 Å². The van der Waals surface area contributed by atoms with Crippen molar-refractivity contribution < 1.29 is 4.79 Å². The van der Waals surface area contributed by atoms with Gasteiger partial charge in [-0.15, -0.1) is 0 Å². The Bertz CT molecular complexity index is 437. The number of anilines is 1. The van der Waals surface area contributed by atoms with E-state index in [1.54, 1.807) is 7.05 Å². The van der Waals surface area contributed by atoms with Crippen LogP contribution in [-0.4, -0.2) is 35.4 Å². The van der Waals surface area contributed by atoms with Crippen LogP contribution in [0.25, 0.3) is 0 Å². The Balaban J connectivity index is 2.08. The Kier molecular flexibility index (Phi) is 4.70. The molecule has 1 aromatic rings. The third-order valence-electron chi connectivity index (χ3n) is 3.48. The van der Waals surface area contributed by atoms with E-state index in [0.717, 1.165) is 31.5 Å². The first-order valence-corrected chi connectivity index (χ1v) is 6.63. The van der Waals surface area contributed by atoms with Gasteiger partial charge in [0.1, 0.15) is 5.82 Å². The summed E-state index contributed by atoms with van der Waals surface area (Å²) < 4.78 is 0. The third kappa shape index (κ3) is 3.42. The van der Waals surface area contributed by atoms with Gasteiger partial charge in [0, 0.05) is 13.6 Å². The molecular weight excluding hydrogens is 242 g/mol. The molecular formula is C13H21N5O. The fourth-order valence-corrected chi connectivity index (χ4v) is 2.50. The standard InChI is InChI=1S/C13H21N5O/c1-15-13(19)11-6-2-3-8-18(11)9-10-5-4-7-12(16-10)17-14/h4-5,7,11H,2-3,6,8-9,14H2,1H3,(H,15,19)(H,16,17). The summed E-state index contributed by atoms with van der Waals surface area (Å²) in [4.78, 5) is 18.5. The van der Waals surface area contributed by atoms with Gasteiger partial charge >= 0.3 is 0 Å². The zero-order chi connectivity index (χ0) is 13.7. The molecule has 2 heterocycles. The molecule has 1 aromatic heterocycles. The van der Waals surface area contributed by atoms with Crippen molar-refractivity contribution in [2.45, 2.75) is 31.8 Å². The maximum absolute atomic E-state index is 11.9. The predicted octanol–water partition coefficient (Wildman–Crippen LogP) is 0.468. The molecule has 0 aromatic carbocycles. The lowest BCUT2D eigenvalue weighted by Crippen LogP contribution is -2.48. The van der Waals surface area contributed by atoms with Crippen molar-refractivity contribution in [1.82, 2.24) is 15.2 Å². The lowest BCUT2D eigenvalue weighted by atomic mass is 10.0. The molecule has 1 unspecified atom stereocenters. The number of likely N-dealkylation sites (N-methyl/N-ethyl adjacent to an activating group) is 1. The number of pyridine rings is 1. The van der Waals surface area contributed by atoms with Crippen molar-refractivity contribution in [3.63, 3.8) is 0 Å². The van der Waals surface area contributed by atoms with Crippen LogP contribution in [0.4, 0.5) is 5.82 Å². The number of likely N-dealkylation sites (tertiary alicyclic amines) is 1. The molecule has 6 nitrogen and oxygen atoms in total. The SMILES string of the molecule is CNC(=O)C1CCCCN1Cc1cccc(NN)n1. The van der Waals surface area contributed by atoms with E-state index in [0.29, 0.717) is 12.4 Å². The van der Waals surface area contributed by atoms with Crippen LogP contribution in [0.5, 0.6) is 0 Å². The van der Waals surface area contributed by atoms with E-state index in [4.69, 9.17) is 5.84 Å². The van der Waals surface area contributed by atoms with E-state index < -0.39 is 0 Å². The molecule has 1 aliphatic rings. The average Bonchev–Trinajstić information content (AvgIpc) is 2.47. The van der Waals surface area contributed by atoms with Crippen LogP contribution in [0.1, 0.15) is 25.0 Å². The number of amides is 1. The van der Waals surface area contributed by atoms with Gasteiger partial charge in [-0.2, -0.15) is 0 Å². The molecule has 0 radical (unpaired) electrons. The molecule has 1 fully saturated rings. The second-order valence-electron chi connectivity index (χ2n) is 4.75. The lowest BCUT2D eigenvalue weighted by Gasteiger charge is -2.34. The van der Waals surface area contributed by atoms with Crippen molar-refractivity contribution in [2.75, 3.05) is 19.0 Å². The number of nitrogens with two attached hydrogens (primary N) is 1. The molecule has 2 rings (SSSR count). The summed E-state index contributed by atoms with van der Waals surface area (Å²) in [6.45, 7) is 1.60. The first-order chi connectivity index (χ1) is 9.24. The van der Waals surface area contributed by atoms with Crippen molar-refractivity contribution in [3.8, 4) is 0 Å². The zero-order valence-electron chi connectivity index (χ0n) is 11.2. The highest BCUT2D eigenvalue weighted by molar-refractivity contribution is 5.81. The van der Waals surface area contributed by atoms with Crippen molar-refractivity contribution >= 4 is 11.7 Å². The summed E-state index contributed by atoms with van der Waals surface area (Å²) in [6.07, 6.45) is 3.14. The molecule has 1 atom stereocenters. The van der Waals surface area contributed by atoms with Crippen molar-refractivity contribution in [2.24, 2.45) is 5.84 Å². The van der Waals surface area contributed by atoms with Gasteiger partial charge in [0.2, 0.25) is 5.91 Å². The number of carbonyl (C=O) groups excluding carboxylic acids is 1. The minimum atomic E-state index is -0.0463. The number of hydrogen-bond acceptors (Lipinski definition) is 5. The summed E-state index contributed by atoms with van der Waals surface area (Å²) in [5.41, 5.74) is 3.46. The smallest absolute Gasteiger partial charge is 0.237 e. The lowest BCUT2D eigenvalue weighted by molar-refractivity contribution is -0.127. The van der Waals surface area contributed by atoms with Crippen molar-refractivity contribution in [3.05, 3.63) is 23.9 Å². The minimum absolute atomic E-state index is 0.0463. The van der Waals surface area contributed by atoms with Gasteiger partial charge < -0.3 is 10.7 Å². The number of nitrogens with zero attached hydrogens (tertiary/aromatic N) is 2. The minimum Gasteiger partial charge on any atom is -0.358 e. The highest BCUT2D eigenvalue weighted by Crippen LogP contribution is 2.19. The molecule has 0 saturated carbocycles. The Morgan fingerprint density at radius 2 is 2.37 bits per heavy atom. The average molecular weight is 263 g/mol. The fraction of sp³-hybridized carbons (Fsp3) is 0.538. The Morgan fingerprint density at radius 3 is 3.11 bits per heavy atom. The van der Waals surface area contributed by atoms with E-state index in [1.807, 2.05) is 18.2 Å². The summed E-state index contributed by atoms with van der Waals surface area (Å²) in [5.74, 6) is 6.09. The number of nitrogens with one attached hydrogen (secondary N) is 2.